The second-order valence-corrected chi connectivity index (χ2v) is 5.86. The fourth-order valence-corrected chi connectivity index (χ4v) is 2.57. The fourth-order valence-electron chi connectivity index (χ4n) is 2.57. The molecule has 0 fully saturated rings. The molecule has 3 N–H and O–H groups in total. The molecular formula is C19H21N3O4. The molecule has 1 atom stereocenters. The highest BCUT2D eigenvalue weighted by Crippen LogP contribution is 2.18. The number of ether oxygens (including phenoxy) is 3. The monoisotopic (exact) mass is 355 g/mol. The van der Waals surface area contributed by atoms with Gasteiger partial charge in [0.25, 0.3) is 6.02 Å². The topological polar surface area (TPSA) is 95.2 Å². The molecule has 0 unspecified atom stereocenters. The van der Waals surface area contributed by atoms with Crippen molar-refractivity contribution in [3.05, 3.63) is 54.1 Å². The van der Waals surface area contributed by atoms with Crippen LogP contribution in [0.15, 0.2) is 53.5 Å². The van der Waals surface area contributed by atoms with Crippen LogP contribution in [0.1, 0.15) is 12.0 Å². The van der Waals surface area contributed by atoms with Crippen molar-refractivity contribution >= 4 is 17.8 Å². The third-order valence-electron chi connectivity index (χ3n) is 3.97. The van der Waals surface area contributed by atoms with Crippen LogP contribution in [0.3, 0.4) is 0 Å². The quantitative estimate of drug-likeness (QED) is 0.831. The minimum atomic E-state index is -0.546. The van der Waals surface area contributed by atoms with Crippen molar-refractivity contribution in [1.82, 2.24) is 0 Å². The van der Waals surface area contributed by atoms with Crippen molar-refractivity contribution in [3.63, 3.8) is 0 Å². The summed E-state index contributed by atoms with van der Waals surface area (Å²) in [5, 5.41) is 2.70. The van der Waals surface area contributed by atoms with Gasteiger partial charge in [0.05, 0.1) is 13.2 Å². The van der Waals surface area contributed by atoms with E-state index in [0.717, 1.165) is 18.4 Å². The van der Waals surface area contributed by atoms with Gasteiger partial charge < -0.3 is 19.9 Å². The first kappa shape index (κ1) is 17.6. The summed E-state index contributed by atoms with van der Waals surface area (Å²) in [6.45, 7) is 0.544. The average molecular weight is 355 g/mol. The third-order valence-corrected chi connectivity index (χ3v) is 3.97. The number of amides is 1. The highest BCUT2D eigenvalue weighted by Gasteiger charge is 2.16. The lowest BCUT2D eigenvalue weighted by Crippen LogP contribution is -2.16. The number of rotatable bonds is 6. The molecule has 0 radical (unpaired) electrons. The van der Waals surface area contributed by atoms with Gasteiger partial charge >= 0.3 is 6.09 Å². The van der Waals surface area contributed by atoms with Gasteiger partial charge in [-0.15, -0.1) is 0 Å². The van der Waals surface area contributed by atoms with Gasteiger partial charge in [-0.2, -0.15) is 0 Å². The van der Waals surface area contributed by atoms with Crippen molar-refractivity contribution in [3.8, 4) is 11.5 Å². The first-order valence-corrected chi connectivity index (χ1v) is 8.30. The lowest BCUT2D eigenvalue weighted by Gasteiger charge is -2.09. The standard InChI is InChI=1S/C19H21N3O4/c1-24-16-8-10-17(11-9-16)26-19(23)22-14-5-2-13(3-6-14)4-7-15-12-25-18(20)21-15/h2-3,5-6,8-11,15H,4,7,12H2,1H3,(H2,20,21)(H,22,23)/t15-/m0/s1. The molecule has 0 bridgehead atoms. The molecule has 1 aliphatic rings. The van der Waals surface area contributed by atoms with Crippen LogP contribution in [0.2, 0.25) is 0 Å². The minimum Gasteiger partial charge on any atom is -0.497 e. The normalized spacial score (nSPS) is 15.7. The lowest BCUT2D eigenvalue weighted by atomic mass is 10.1. The van der Waals surface area contributed by atoms with Crippen LogP contribution in [0.5, 0.6) is 11.5 Å². The van der Waals surface area contributed by atoms with Gasteiger partial charge in [0.2, 0.25) is 0 Å². The van der Waals surface area contributed by atoms with Gasteiger partial charge in [-0.3, -0.25) is 5.32 Å². The van der Waals surface area contributed by atoms with Crippen molar-refractivity contribution in [2.45, 2.75) is 18.9 Å². The number of nitrogens with zero attached hydrogens (tertiary/aromatic N) is 1. The van der Waals surface area contributed by atoms with Gasteiger partial charge in [0.15, 0.2) is 0 Å². The van der Waals surface area contributed by atoms with Crippen LogP contribution in [-0.2, 0) is 11.2 Å². The molecule has 1 amide bonds. The Morgan fingerprint density at radius 2 is 1.88 bits per heavy atom. The molecule has 0 saturated carbocycles. The van der Waals surface area contributed by atoms with Crippen molar-refractivity contribution in [1.29, 1.82) is 0 Å². The fraction of sp³-hybridized carbons (Fsp3) is 0.263. The Balaban J connectivity index is 1.47. The maximum Gasteiger partial charge on any atom is 0.417 e. The first-order valence-electron chi connectivity index (χ1n) is 8.30. The Hall–Kier alpha value is -3.22. The van der Waals surface area contributed by atoms with Crippen LogP contribution in [0, 0.1) is 0 Å². The van der Waals surface area contributed by atoms with Crippen molar-refractivity contribution < 1.29 is 19.0 Å². The largest absolute Gasteiger partial charge is 0.497 e. The molecule has 26 heavy (non-hydrogen) atoms. The van der Waals surface area contributed by atoms with Gasteiger partial charge in [-0.1, -0.05) is 12.1 Å². The Bertz CT molecular complexity index is 772. The van der Waals surface area contributed by atoms with E-state index in [2.05, 4.69) is 10.3 Å². The molecule has 136 valence electrons. The molecule has 0 spiro atoms. The predicted molar refractivity (Wildman–Crippen MR) is 98.8 cm³/mol. The molecule has 3 rings (SSSR count). The van der Waals surface area contributed by atoms with Gasteiger partial charge in [0, 0.05) is 5.69 Å². The summed E-state index contributed by atoms with van der Waals surface area (Å²) in [5.41, 5.74) is 7.32. The van der Waals surface area contributed by atoms with Crippen LogP contribution < -0.4 is 20.5 Å². The van der Waals surface area contributed by atoms with E-state index in [9.17, 15) is 4.79 Å². The highest BCUT2D eigenvalue weighted by molar-refractivity contribution is 5.86. The maximum absolute atomic E-state index is 11.9. The number of nitrogens with two attached hydrogens (primary N) is 1. The third kappa shape index (κ3) is 4.89. The van der Waals surface area contributed by atoms with E-state index in [1.54, 1.807) is 31.4 Å². The van der Waals surface area contributed by atoms with E-state index >= 15 is 0 Å². The van der Waals surface area contributed by atoms with Crippen LogP contribution in [-0.4, -0.2) is 31.9 Å². The number of hydrogen-bond acceptors (Lipinski definition) is 6. The summed E-state index contributed by atoms with van der Waals surface area (Å²) in [7, 11) is 1.58. The average Bonchev–Trinajstić information content (AvgIpc) is 3.07. The summed E-state index contributed by atoms with van der Waals surface area (Å²) in [4.78, 5) is 16.1. The second-order valence-electron chi connectivity index (χ2n) is 5.86. The predicted octanol–water partition coefficient (Wildman–Crippen LogP) is 2.95. The molecular weight excluding hydrogens is 334 g/mol. The van der Waals surface area contributed by atoms with E-state index in [1.807, 2.05) is 24.3 Å². The second kappa shape index (κ2) is 8.24. The lowest BCUT2D eigenvalue weighted by molar-refractivity contribution is 0.215. The van der Waals surface area contributed by atoms with Crippen molar-refractivity contribution in [2.24, 2.45) is 10.7 Å². The zero-order valence-corrected chi connectivity index (χ0v) is 14.5. The molecule has 0 saturated heterocycles. The number of aliphatic imine (C=N–C) groups is 1. The molecule has 1 heterocycles. The van der Waals surface area contributed by atoms with Gasteiger partial charge in [0.1, 0.15) is 18.1 Å². The number of amidine groups is 1. The van der Waals surface area contributed by atoms with E-state index in [4.69, 9.17) is 19.9 Å². The number of carbonyl (C=O) groups excluding carboxylic acids is 1. The van der Waals surface area contributed by atoms with E-state index < -0.39 is 6.09 Å². The molecule has 2 aromatic carbocycles. The Morgan fingerprint density at radius 3 is 2.50 bits per heavy atom. The summed E-state index contributed by atoms with van der Waals surface area (Å²) in [6, 6.07) is 14.8. The summed E-state index contributed by atoms with van der Waals surface area (Å²) >= 11 is 0. The van der Waals surface area contributed by atoms with Crippen LogP contribution >= 0.6 is 0 Å². The molecule has 0 aromatic heterocycles. The molecule has 2 aromatic rings. The minimum absolute atomic E-state index is 0.118. The van der Waals surface area contributed by atoms with Gasteiger partial charge in [-0.05, 0) is 54.8 Å². The summed E-state index contributed by atoms with van der Waals surface area (Å²) < 4.78 is 15.4. The number of carbonyl (C=O) groups is 1. The van der Waals surface area contributed by atoms with Gasteiger partial charge in [-0.25, -0.2) is 9.79 Å². The maximum atomic E-state index is 11.9. The van der Waals surface area contributed by atoms with E-state index in [0.29, 0.717) is 23.8 Å². The van der Waals surface area contributed by atoms with Crippen LogP contribution in [0.4, 0.5) is 10.5 Å². The summed E-state index contributed by atoms with van der Waals surface area (Å²) in [5.74, 6) is 1.14. The number of nitrogens with one attached hydrogen (secondary N) is 1. The first-order chi connectivity index (χ1) is 12.6. The summed E-state index contributed by atoms with van der Waals surface area (Å²) in [6.07, 6.45) is 1.18. The number of methoxy groups -OCH3 is 1. The molecule has 1 aliphatic heterocycles. The van der Waals surface area contributed by atoms with E-state index in [-0.39, 0.29) is 12.1 Å². The highest BCUT2D eigenvalue weighted by atomic mass is 16.6. The zero-order valence-electron chi connectivity index (χ0n) is 14.5. The van der Waals surface area contributed by atoms with E-state index in [1.165, 1.54) is 0 Å². The number of aryl methyl sites for hydroxylation is 1. The van der Waals surface area contributed by atoms with Crippen molar-refractivity contribution in [2.75, 3.05) is 19.0 Å². The Labute approximate surface area is 151 Å². The zero-order chi connectivity index (χ0) is 18.4. The number of hydrogen-bond donors (Lipinski definition) is 2. The Morgan fingerprint density at radius 1 is 1.19 bits per heavy atom. The Kier molecular flexibility index (Phi) is 5.58. The number of benzene rings is 2. The smallest absolute Gasteiger partial charge is 0.417 e. The molecule has 7 heteroatoms. The SMILES string of the molecule is COc1ccc(OC(=O)Nc2ccc(CC[C@H]3COC(N)=N3)cc2)cc1. The molecule has 7 nitrogen and oxygen atoms in total. The van der Waals surface area contributed by atoms with Crippen LogP contribution in [0.25, 0.3) is 0 Å². The number of anilines is 1. The molecule has 0 aliphatic carbocycles.